The molecular weight excluding hydrogens is 230 g/mol. The van der Waals surface area contributed by atoms with Crippen LogP contribution in [-0.4, -0.2) is 42.2 Å². The van der Waals surface area contributed by atoms with E-state index in [9.17, 15) is 4.79 Å². The fourth-order valence-electron chi connectivity index (χ4n) is 1.56. The van der Waals surface area contributed by atoms with Gasteiger partial charge in [-0.2, -0.15) is 0 Å². The number of para-hydroxylation sites is 1. The highest BCUT2D eigenvalue weighted by Crippen LogP contribution is 2.22. The first-order valence-corrected chi connectivity index (χ1v) is 5.91. The number of rotatable bonds is 5. The van der Waals surface area contributed by atoms with Crippen LogP contribution in [0.4, 0.5) is 11.4 Å². The quantitative estimate of drug-likeness (QED) is 0.677. The molecule has 1 unspecified atom stereocenters. The average molecular weight is 251 g/mol. The number of hydrogen-bond donors (Lipinski definition) is 3. The van der Waals surface area contributed by atoms with Crippen LogP contribution < -0.4 is 11.1 Å². The van der Waals surface area contributed by atoms with Gasteiger partial charge in [0.2, 0.25) is 5.91 Å². The van der Waals surface area contributed by atoms with Gasteiger partial charge in [-0.25, -0.2) is 0 Å². The number of nitrogens with zero attached hydrogens (tertiary/aromatic N) is 1. The zero-order chi connectivity index (χ0) is 13.7. The van der Waals surface area contributed by atoms with Crippen LogP contribution in [0.1, 0.15) is 12.5 Å². The molecule has 1 aromatic carbocycles. The van der Waals surface area contributed by atoms with Crippen molar-refractivity contribution < 1.29 is 9.90 Å². The van der Waals surface area contributed by atoms with Crippen molar-refractivity contribution in [2.24, 2.45) is 0 Å². The van der Waals surface area contributed by atoms with Crippen LogP contribution in [0.15, 0.2) is 18.2 Å². The molecule has 0 saturated carbocycles. The Morgan fingerprint density at radius 1 is 1.56 bits per heavy atom. The molecule has 1 aromatic rings. The second kappa shape index (κ2) is 6.37. The van der Waals surface area contributed by atoms with E-state index in [0.29, 0.717) is 11.4 Å². The standard InChI is InChI=1S/C13H21N3O2/c1-9-5-4-6-11(14)13(9)15-12(18)7-16(3)10(2)8-17/h4-6,10,17H,7-8,14H2,1-3H3,(H,15,18). The zero-order valence-electron chi connectivity index (χ0n) is 11.1. The maximum absolute atomic E-state index is 11.9. The van der Waals surface area contributed by atoms with Gasteiger partial charge in [0.25, 0.3) is 0 Å². The Hall–Kier alpha value is -1.59. The number of aryl methyl sites for hydroxylation is 1. The molecule has 4 N–H and O–H groups in total. The second-order valence-electron chi connectivity index (χ2n) is 4.53. The fraction of sp³-hybridized carbons (Fsp3) is 0.462. The van der Waals surface area contributed by atoms with E-state index in [-0.39, 0.29) is 25.1 Å². The van der Waals surface area contributed by atoms with Crippen molar-refractivity contribution in [3.05, 3.63) is 23.8 Å². The van der Waals surface area contributed by atoms with Crippen LogP contribution in [0.2, 0.25) is 0 Å². The average Bonchev–Trinajstić information content (AvgIpc) is 2.32. The van der Waals surface area contributed by atoms with Crippen molar-refractivity contribution >= 4 is 17.3 Å². The first-order chi connectivity index (χ1) is 8.45. The van der Waals surface area contributed by atoms with E-state index in [1.807, 2.05) is 26.0 Å². The van der Waals surface area contributed by atoms with Crippen LogP contribution in [0.5, 0.6) is 0 Å². The number of nitrogen functional groups attached to an aromatic ring is 1. The van der Waals surface area contributed by atoms with Gasteiger partial charge in [-0.3, -0.25) is 9.69 Å². The summed E-state index contributed by atoms with van der Waals surface area (Å²) in [5.41, 5.74) is 7.97. The van der Waals surface area contributed by atoms with E-state index >= 15 is 0 Å². The minimum Gasteiger partial charge on any atom is -0.397 e. The van der Waals surface area contributed by atoms with Gasteiger partial charge in [-0.15, -0.1) is 0 Å². The Balaban J connectivity index is 2.65. The summed E-state index contributed by atoms with van der Waals surface area (Å²) in [6.07, 6.45) is 0. The zero-order valence-corrected chi connectivity index (χ0v) is 11.1. The SMILES string of the molecule is Cc1cccc(N)c1NC(=O)CN(C)C(C)CO. The van der Waals surface area contributed by atoms with E-state index in [2.05, 4.69) is 5.32 Å². The number of aliphatic hydroxyl groups excluding tert-OH is 1. The molecule has 0 aromatic heterocycles. The normalized spacial score (nSPS) is 12.5. The molecule has 18 heavy (non-hydrogen) atoms. The molecule has 0 heterocycles. The maximum atomic E-state index is 11.9. The minimum atomic E-state index is -0.140. The highest BCUT2D eigenvalue weighted by Gasteiger charge is 2.13. The number of hydrogen-bond acceptors (Lipinski definition) is 4. The molecule has 1 atom stereocenters. The summed E-state index contributed by atoms with van der Waals surface area (Å²) in [7, 11) is 1.79. The summed E-state index contributed by atoms with van der Waals surface area (Å²) in [4.78, 5) is 13.6. The molecule has 5 heteroatoms. The Labute approximate surface area is 108 Å². The van der Waals surface area contributed by atoms with Crippen molar-refractivity contribution in [1.29, 1.82) is 0 Å². The molecule has 0 aliphatic carbocycles. The van der Waals surface area contributed by atoms with Gasteiger partial charge >= 0.3 is 0 Å². The van der Waals surface area contributed by atoms with Crippen LogP contribution >= 0.6 is 0 Å². The Bertz CT molecular complexity index is 400. The smallest absolute Gasteiger partial charge is 0.238 e. The molecule has 0 fully saturated rings. The van der Waals surface area contributed by atoms with Crippen LogP contribution in [-0.2, 0) is 4.79 Å². The molecule has 0 aliphatic rings. The predicted octanol–water partition coefficient (Wildman–Crippen LogP) is 0.828. The van der Waals surface area contributed by atoms with Crippen molar-refractivity contribution in [3.8, 4) is 0 Å². The minimum absolute atomic E-state index is 0.0241. The molecular formula is C13H21N3O2. The van der Waals surface area contributed by atoms with E-state index in [1.54, 1.807) is 18.0 Å². The lowest BCUT2D eigenvalue weighted by Crippen LogP contribution is -2.38. The number of nitrogens with two attached hydrogens (primary N) is 1. The third-order valence-electron chi connectivity index (χ3n) is 2.98. The Morgan fingerprint density at radius 3 is 2.78 bits per heavy atom. The highest BCUT2D eigenvalue weighted by atomic mass is 16.3. The molecule has 0 saturated heterocycles. The van der Waals surface area contributed by atoms with E-state index in [4.69, 9.17) is 10.8 Å². The molecule has 0 radical (unpaired) electrons. The monoisotopic (exact) mass is 251 g/mol. The van der Waals surface area contributed by atoms with Gasteiger partial charge in [0, 0.05) is 6.04 Å². The molecule has 1 amide bonds. The summed E-state index contributed by atoms with van der Waals surface area (Å²) in [6.45, 7) is 3.99. The summed E-state index contributed by atoms with van der Waals surface area (Å²) < 4.78 is 0. The third kappa shape index (κ3) is 3.72. The molecule has 5 nitrogen and oxygen atoms in total. The number of nitrogens with one attached hydrogen (secondary N) is 1. The summed E-state index contributed by atoms with van der Waals surface area (Å²) in [5, 5.41) is 11.8. The first kappa shape index (κ1) is 14.5. The first-order valence-electron chi connectivity index (χ1n) is 5.91. The lowest BCUT2D eigenvalue weighted by Gasteiger charge is -2.22. The number of anilines is 2. The lowest BCUT2D eigenvalue weighted by molar-refractivity contribution is -0.117. The largest absolute Gasteiger partial charge is 0.397 e. The van der Waals surface area contributed by atoms with E-state index < -0.39 is 0 Å². The number of aliphatic hydroxyl groups is 1. The summed E-state index contributed by atoms with van der Waals surface area (Å²) in [6, 6.07) is 5.44. The number of carbonyl (C=O) groups is 1. The maximum Gasteiger partial charge on any atom is 0.238 e. The van der Waals surface area contributed by atoms with Crippen molar-refractivity contribution in [2.75, 3.05) is 31.2 Å². The topological polar surface area (TPSA) is 78.6 Å². The van der Waals surface area contributed by atoms with Gasteiger partial charge in [0.05, 0.1) is 24.5 Å². The van der Waals surface area contributed by atoms with Gasteiger partial charge in [-0.1, -0.05) is 12.1 Å². The number of benzene rings is 1. The molecule has 0 spiro atoms. The van der Waals surface area contributed by atoms with Crippen molar-refractivity contribution in [1.82, 2.24) is 4.90 Å². The van der Waals surface area contributed by atoms with Gasteiger partial charge < -0.3 is 16.2 Å². The van der Waals surface area contributed by atoms with Crippen LogP contribution in [0.25, 0.3) is 0 Å². The van der Waals surface area contributed by atoms with E-state index in [1.165, 1.54) is 0 Å². The van der Waals surface area contributed by atoms with Crippen LogP contribution in [0.3, 0.4) is 0 Å². The fourth-order valence-corrected chi connectivity index (χ4v) is 1.56. The van der Waals surface area contributed by atoms with Gasteiger partial charge in [-0.05, 0) is 32.5 Å². The Kier molecular flexibility index (Phi) is 5.12. The number of amides is 1. The highest BCUT2D eigenvalue weighted by molar-refractivity contribution is 5.96. The van der Waals surface area contributed by atoms with Gasteiger partial charge in [0.15, 0.2) is 0 Å². The van der Waals surface area contributed by atoms with Gasteiger partial charge in [0.1, 0.15) is 0 Å². The summed E-state index contributed by atoms with van der Waals surface area (Å²) in [5.74, 6) is -0.140. The second-order valence-corrected chi connectivity index (χ2v) is 4.53. The Morgan fingerprint density at radius 2 is 2.22 bits per heavy atom. The van der Waals surface area contributed by atoms with Crippen LogP contribution in [0, 0.1) is 6.92 Å². The van der Waals surface area contributed by atoms with E-state index in [0.717, 1.165) is 5.56 Å². The number of likely N-dealkylation sites (N-methyl/N-ethyl adjacent to an activating group) is 1. The predicted molar refractivity (Wildman–Crippen MR) is 73.4 cm³/mol. The van der Waals surface area contributed by atoms with Crippen molar-refractivity contribution in [2.45, 2.75) is 19.9 Å². The molecule has 1 rings (SSSR count). The molecule has 0 bridgehead atoms. The van der Waals surface area contributed by atoms with Crippen molar-refractivity contribution in [3.63, 3.8) is 0 Å². The molecule has 100 valence electrons. The summed E-state index contributed by atoms with van der Waals surface area (Å²) >= 11 is 0. The lowest BCUT2D eigenvalue weighted by atomic mass is 10.1. The number of carbonyl (C=O) groups excluding carboxylic acids is 1. The molecule has 0 aliphatic heterocycles. The third-order valence-corrected chi connectivity index (χ3v) is 2.98.